The molecule has 0 heterocycles. The van der Waals surface area contributed by atoms with Gasteiger partial charge in [-0.3, -0.25) is 0 Å². The molecule has 1 atom stereocenters. The van der Waals surface area contributed by atoms with Crippen LogP contribution in [0.3, 0.4) is 0 Å². The van der Waals surface area contributed by atoms with Gasteiger partial charge in [0.2, 0.25) is 0 Å². The molecule has 5 nitrogen and oxygen atoms in total. The molecule has 1 aromatic rings. The topological polar surface area (TPSA) is 54.0 Å². The minimum atomic E-state index is -0.512. The number of aliphatic hydroxyl groups is 1. The van der Waals surface area contributed by atoms with Crippen LogP contribution in [0.15, 0.2) is 24.3 Å². The van der Waals surface area contributed by atoms with Crippen LogP contribution in [-0.4, -0.2) is 62.6 Å². The fourth-order valence-corrected chi connectivity index (χ4v) is 2.16. The first kappa shape index (κ1) is 16.1. The van der Waals surface area contributed by atoms with E-state index in [0.717, 1.165) is 24.9 Å². The van der Waals surface area contributed by atoms with Gasteiger partial charge in [-0.1, -0.05) is 6.07 Å². The predicted octanol–water partition coefficient (Wildman–Crippen LogP) is 1.12. The number of methoxy groups -OCH3 is 1. The number of aliphatic hydroxyl groups excluding tert-OH is 1. The van der Waals surface area contributed by atoms with Gasteiger partial charge in [0.15, 0.2) is 0 Å². The monoisotopic (exact) mass is 294 g/mol. The van der Waals surface area contributed by atoms with Gasteiger partial charge in [0, 0.05) is 31.7 Å². The normalized spacial score (nSPS) is 16.0. The zero-order valence-electron chi connectivity index (χ0n) is 12.9. The largest absolute Gasteiger partial charge is 0.497 e. The second-order valence-corrected chi connectivity index (χ2v) is 5.56. The summed E-state index contributed by atoms with van der Waals surface area (Å²) in [5.74, 6) is 1.46. The maximum Gasteiger partial charge on any atom is 0.123 e. The number of rotatable bonds is 10. The first-order chi connectivity index (χ1) is 10.2. The van der Waals surface area contributed by atoms with Crippen LogP contribution in [0.5, 0.6) is 11.5 Å². The standard InChI is InChI=1S/C16H26N2O3/c1-18(13-6-7-13)9-8-17-11-14(19)12-21-16-5-3-4-15(10-16)20-2/h3-5,10,13-14,17,19H,6-9,11-12H2,1-2H3. The molecule has 1 aliphatic rings. The number of likely N-dealkylation sites (N-methyl/N-ethyl adjacent to an activating group) is 1. The summed E-state index contributed by atoms with van der Waals surface area (Å²) in [6.07, 6.45) is 2.14. The molecule has 0 amide bonds. The highest BCUT2D eigenvalue weighted by Gasteiger charge is 2.25. The SMILES string of the molecule is COc1cccc(OCC(O)CNCCN(C)C2CC2)c1. The van der Waals surface area contributed by atoms with Gasteiger partial charge < -0.3 is 24.8 Å². The Balaban J connectivity index is 1.57. The quantitative estimate of drug-likeness (QED) is 0.633. The highest BCUT2D eigenvalue weighted by molar-refractivity contribution is 5.32. The summed E-state index contributed by atoms with van der Waals surface area (Å²) in [6, 6.07) is 8.18. The van der Waals surface area contributed by atoms with Crippen molar-refractivity contribution in [1.82, 2.24) is 10.2 Å². The van der Waals surface area contributed by atoms with Crippen molar-refractivity contribution in [3.8, 4) is 11.5 Å². The highest BCUT2D eigenvalue weighted by Crippen LogP contribution is 2.24. The summed E-state index contributed by atoms with van der Waals surface area (Å²) in [6.45, 7) is 2.73. The second-order valence-electron chi connectivity index (χ2n) is 5.56. The van der Waals surface area contributed by atoms with Gasteiger partial charge in [-0.2, -0.15) is 0 Å². The summed E-state index contributed by atoms with van der Waals surface area (Å²) >= 11 is 0. The van der Waals surface area contributed by atoms with Crippen LogP contribution in [-0.2, 0) is 0 Å². The van der Waals surface area contributed by atoms with Crippen LogP contribution in [0.25, 0.3) is 0 Å². The van der Waals surface area contributed by atoms with Crippen molar-refractivity contribution in [1.29, 1.82) is 0 Å². The fourth-order valence-electron chi connectivity index (χ4n) is 2.16. The summed E-state index contributed by atoms with van der Waals surface area (Å²) in [4.78, 5) is 2.37. The zero-order chi connectivity index (χ0) is 15.1. The number of nitrogens with one attached hydrogen (secondary N) is 1. The summed E-state index contributed by atoms with van der Waals surface area (Å²) in [5, 5.41) is 13.2. The summed E-state index contributed by atoms with van der Waals surface area (Å²) in [7, 11) is 3.78. The first-order valence-electron chi connectivity index (χ1n) is 7.55. The first-order valence-corrected chi connectivity index (χ1v) is 7.55. The Bertz CT molecular complexity index is 424. The van der Waals surface area contributed by atoms with Crippen molar-refractivity contribution in [3.05, 3.63) is 24.3 Å². The molecule has 2 rings (SSSR count). The van der Waals surface area contributed by atoms with E-state index in [1.165, 1.54) is 12.8 Å². The average molecular weight is 294 g/mol. The maximum atomic E-state index is 9.89. The minimum absolute atomic E-state index is 0.276. The van der Waals surface area contributed by atoms with Crippen LogP contribution >= 0.6 is 0 Å². The van der Waals surface area contributed by atoms with Crippen LogP contribution in [0.4, 0.5) is 0 Å². The van der Waals surface area contributed by atoms with E-state index in [1.54, 1.807) is 7.11 Å². The van der Waals surface area contributed by atoms with Crippen molar-refractivity contribution >= 4 is 0 Å². The molecule has 0 radical (unpaired) electrons. The highest BCUT2D eigenvalue weighted by atomic mass is 16.5. The second kappa shape index (κ2) is 8.22. The Kier molecular flexibility index (Phi) is 6.29. The molecule has 21 heavy (non-hydrogen) atoms. The van der Waals surface area contributed by atoms with E-state index in [9.17, 15) is 5.11 Å². The van der Waals surface area contributed by atoms with Gasteiger partial charge in [0.1, 0.15) is 24.2 Å². The van der Waals surface area contributed by atoms with Gasteiger partial charge in [-0.05, 0) is 32.0 Å². The van der Waals surface area contributed by atoms with E-state index in [2.05, 4.69) is 17.3 Å². The molecule has 118 valence electrons. The Morgan fingerprint density at radius 3 is 2.86 bits per heavy atom. The zero-order valence-corrected chi connectivity index (χ0v) is 12.9. The van der Waals surface area contributed by atoms with Crippen molar-refractivity contribution in [3.63, 3.8) is 0 Å². The number of nitrogens with zero attached hydrogens (tertiary/aromatic N) is 1. The lowest BCUT2D eigenvalue weighted by Crippen LogP contribution is -2.36. The lowest BCUT2D eigenvalue weighted by Gasteiger charge is -2.17. The molecule has 0 aromatic heterocycles. The van der Waals surface area contributed by atoms with Gasteiger partial charge in [0.05, 0.1) is 7.11 Å². The molecule has 1 aromatic carbocycles. The van der Waals surface area contributed by atoms with Crippen LogP contribution in [0.1, 0.15) is 12.8 Å². The van der Waals surface area contributed by atoms with Crippen molar-refractivity contribution < 1.29 is 14.6 Å². The van der Waals surface area contributed by atoms with Crippen molar-refractivity contribution in [2.24, 2.45) is 0 Å². The van der Waals surface area contributed by atoms with E-state index < -0.39 is 6.10 Å². The Hall–Kier alpha value is -1.30. The fraction of sp³-hybridized carbons (Fsp3) is 0.625. The van der Waals surface area contributed by atoms with Gasteiger partial charge in [-0.15, -0.1) is 0 Å². The van der Waals surface area contributed by atoms with Gasteiger partial charge in [0.25, 0.3) is 0 Å². The molecule has 0 spiro atoms. The number of ether oxygens (including phenoxy) is 2. The number of benzene rings is 1. The number of hydrogen-bond acceptors (Lipinski definition) is 5. The van der Waals surface area contributed by atoms with Crippen LogP contribution < -0.4 is 14.8 Å². The molecular formula is C16H26N2O3. The van der Waals surface area contributed by atoms with E-state index in [1.807, 2.05) is 24.3 Å². The third-order valence-electron chi connectivity index (χ3n) is 3.68. The van der Waals surface area contributed by atoms with E-state index in [4.69, 9.17) is 9.47 Å². The van der Waals surface area contributed by atoms with Crippen molar-refractivity contribution in [2.45, 2.75) is 25.0 Å². The molecule has 1 saturated carbocycles. The van der Waals surface area contributed by atoms with E-state index in [0.29, 0.717) is 12.3 Å². The Labute approximate surface area is 126 Å². The minimum Gasteiger partial charge on any atom is -0.497 e. The lowest BCUT2D eigenvalue weighted by molar-refractivity contribution is 0.105. The van der Waals surface area contributed by atoms with Gasteiger partial charge in [-0.25, -0.2) is 0 Å². The molecule has 1 aliphatic carbocycles. The summed E-state index contributed by atoms with van der Waals surface area (Å²) in [5.41, 5.74) is 0. The average Bonchev–Trinajstić information content (AvgIpc) is 3.34. The summed E-state index contributed by atoms with van der Waals surface area (Å²) < 4.78 is 10.7. The molecule has 2 N–H and O–H groups in total. The molecule has 0 bridgehead atoms. The Morgan fingerprint density at radius 1 is 1.38 bits per heavy atom. The van der Waals surface area contributed by atoms with E-state index >= 15 is 0 Å². The molecule has 5 heteroatoms. The van der Waals surface area contributed by atoms with Crippen LogP contribution in [0.2, 0.25) is 0 Å². The molecule has 0 aliphatic heterocycles. The van der Waals surface area contributed by atoms with E-state index in [-0.39, 0.29) is 6.61 Å². The third kappa shape index (κ3) is 5.91. The van der Waals surface area contributed by atoms with Crippen LogP contribution in [0, 0.1) is 0 Å². The van der Waals surface area contributed by atoms with Crippen molar-refractivity contribution in [2.75, 3.05) is 40.4 Å². The number of hydrogen-bond donors (Lipinski definition) is 2. The maximum absolute atomic E-state index is 9.89. The predicted molar refractivity (Wildman–Crippen MR) is 83.0 cm³/mol. The lowest BCUT2D eigenvalue weighted by atomic mass is 10.3. The smallest absolute Gasteiger partial charge is 0.123 e. The third-order valence-corrected chi connectivity index (χ3v) is 3.68. The Morgan fingerprint density at radius 2 is 2.14 bits per heavy atom. The van der Waals surface area contributed by atoms with Gasteiger partial charge >= 0.3 is 0 Å². The molecule has 1 fully saturated rings. The molecule has 1 unspecified atom stereocenters. The molecule has 0 saturated heterocycles. The molecular weight excluding hydrogens is 268 g/mol.